The third-order valence-electron chi connectivity index (χ3n) is 5.79. The first-order valence-corrected chi connectivity index (χ1v) is 11.7. The predicted molar refractivity (Wildman–Crippen MR) is 135 cm³/mol. The Hall–Kier alpha value is -2.70. The summed E-state index contributed by atoms with van der Waals surface area (Å²) in [4.78, 5) is 26.0. The van der Waals surface area contributed by atoms with E-state index in [2.05, 4.69) is 50.8 Å². The molecule has 3 aromatic rings. The van der Waals surface area contributed by atoms with Crippen LogP contribution in [0.4, 0.5) is 5.69 Å². The van der Waals surface area contributed by atoms with Crippen LogP contribution < -0.4 is 15.5 Å². The van der Waals surface area contributed by atoms with Gasteiger partial charge in [0.2, 0.25) is 12.3 Å². The van der Waals surface area contributed by atoms with Crippen LogP contribution in [0.1, 0.15) is 31.4 Å². The van der Waals surface area contributed by atoms with Crippen molar-refractivity contribution >= 4 is 44.7 Å². The summed E-state index contributed by atoms with van der Waals surface area (Å²) in [6.45, 7) is 4.33. The molecular weight excluding hydrogens is 466 g/mol. The van der Waals surface area contributed by atoms with Gasteiger partial charge in [0.1, 0.15) is 0 Å². The second kappa shape index (κ2) is 11.2. The quantitative estimate of drug-likeness (QED) is 0.396. The zero-order valence-corrected chi connectivity index (χ0v) is 20.4. The van der Waals surface area contributed by atoms with Crippen LogP contribution in [0, 0.1) is 0 Å². The van der Waals surface area contributed by atoms with Gasteiger partial charge in [-0.05, 0) is 67.8 Å². The molecule has 0 aromatic heterocycles. The molecule has 2 atom stereocenters. The number of hydrogen-bond acceptors (Lipinski definition) is 3. The lowest BCUT2D eigenvalue weighted by Gasteiger charge is -2.23. The number of rotatable bonds is 10. The number of nitrogens with zero attached hydrogens (tertiary/aromatic N) is 1. The molecule has 5 nitrogen and oxygen atoms in total. The maximum absolute atomic E-state index is 12.1. The lowest BCUT2D eigenvalue weighted by Crippen LogP contribution is -2.44. The molecule has 0 spiro atoms. The molecule has 0 aliphatic heterocycles. The highest BCUT2D eigenvalue weighted by molar-refractivity contribution is 9.10. The van der Waals surface area contributed by atoms with Gasteiger partial charge in [-0.2, -0.15) is 0 Å². The van der Waals surface area contributed by atoms with Gasteiger partial charge in [-0.25, -0.2) is 0 Å². The van der Waals surface area contributed by atoms with E-state index in [0.29, 0.717) is 6.54 Å². The molecule has 0 saturated carbocycles. The monoisotopic (exact) mass is 495 g/mol. The van der Waals surface area contributed by atoms with Crippen molar-refractivity contribution in [3.63, 3.8) is 0 Å². The van der Waals surface area contributed by atoms with Gasteiger partial charge >= 0.3 is 0 Å². The smallest absolute Gasteiger partial charge is 0.237 e. The SMILES string of the molecule is CN[C@@H](C)C(=O)NC(C)CCc1ccccc1N(C=O)Cc1cccc2c(Br)cccc12. The maximum atomic E-state index is 12.1. The standard InChI is InChI=1S/C26H30BrN3O2/c1-18(29-26(32)19(2)28-3)14-15-20-8-4-5-13-25(20)30(17-31)16-21-9-6-11-23-22(21)10-7-12-24(23)27/h4-13,17-19,28H,14-16H2,1-3H3,(H,29,32)/t18?,19-/m0/s1. The molecule has 3 rings (SSSR count). The average Bonchev–Trinajstić information content (AvgIpc) is 2.81. The third-order valence-corrected chi connectivity index (χ3v) is 6.48. The molecule has 0 radical (unpaired) electrons. The number of anilines is 1. The average molecular weight is 496 g/mol. The number of halogens is 1. The molecule has 1 unspecified atom stereocenters. The predicted octanol–water partition coefficient (Wildman–Crippen LogP) is 4.81. The van der Waals surface area contributed by atoms with Crippen molar-refractivity contribution in [2.24, 2.45) is 0 Å². The Morgan fingerprint density at radius 3 is 2.44 bits per heavy atom. The summed E-state index contributed by atoms with van der Waals surface area (Å²) in [6.07, 6.45) is 2.44. The lowest BCUT2D eigenvalue weighted by molar-refractivity contribution is -0.123. The van der Waals surface area contributed by atoms with Crippen LogP contribution in [0.3, 0.4) is 0 Å². The summed E-state index contributed by atoms with van der Waals surface area (Å²) in [5.74, 6) is -0.00933. The normalized spacial score (nSPS) is 12.9. The van der Waals surface area contributed by atoms with Crippen molar-refractivity contribution in [3.05, 3.63) is 76.3 Å². The molecule has 0 heterocycles. The van der Waals surface area contributed by atoms with Crippen LogP contribution in [-0.2, 0) is 22.6 Å². The molecule has 0 aliphatic carbocycles. The van der Waals surface area contributed by atoms with Crippen LogP contribution in [0.25, 0.3) is 10.8 Å². The maximum Gasteiger partial charge on any atom is 0.237 e. The topological polar surface area (TPSA) is 61.4 Å². The van der Waals surface area contributed by atoms with Crippen molar-refractivity contribution < 1.29 is 9.59 Å². The van der Waals surface area contributed by atoms with Crippen molar-refractivity contribution in [2.45, 2.75) is 45.3 Å². The molecule has 2 amide bonds. The number of aryl methyl sites for hydroxylation is 1. The van der Waals surface area contributed by atoms with E-state index < -0.39 is 0 Å². The van der Waals surface area contributed by atoms with Crippen molar-refractivity contribution in [3.8, 4) is 0 Å². The van der Waals surface area contributed by atoms with Gasteiger partial charge < -0.3 is 15.5 Å². The Balaban J connectivity index is 1.77. The number of carbonyl (C=O) groups is 2. The van der Waals surface area contributed by atoms with Gasteiger partial charge in [-0.1, -0.05) is 64.5 Å². The lowest BCUT2D eigenvalue weighted by atomic mass is 10.0. The zero-order chi connectivity index (χ0) is 23.1. The molecular formula is C26H30BrN3O2. The largest absolute Gasteiger partial charge is 0.352 e. The first-order chi connectivity index (χ1) is 15.4. The summed E-state index contributed by atoms with van der Waals surface area (Å²) < 4.78 is 1.04. The van der Waals surface area contributed by atoms with Gasteiger partial charge in [0.15, 0.2) is 0 Å². The second-order valence-electron chi connectivity index (χ2n) is 8.07. The minimum absolute atomic E-state index is 0.00933. The molecule has 32 heavy (non-hydrogen) atoms. The highest BCUT2D eigenvalue weighted by Gasteiger charge is 2.16. The molecule has 0 bridgehead atoms. The van der Waals surface area contributed by atoms with E-state index in [1.165, 1.54) is 0 Å². The number of fused-ring (bicyclic) bond motifs is 1. The van der Waals surface area contributed by atoms with E-state index in [-0.39, 0.29) is 18.0 Å². The number of amides is 2. The summed E-state index contributed by atoms with van der Waals surface area (Å²) in [6, 6.07) is 20.1. The van der Waals surface area contributed by atoms with Crippen LogP contribution in [0.5, 0.6) is 0 Å². The van der Waals surface area contributed by atoms with E-state index in [4.69, 9.17) is 0 Å². The van der Waals surface area contributed by atoms with Crippen molar-refractivity contribution in [1.29, 1.82) is 0 Å². The van der Waals surface area contributed by atoms with Crippen molar-refractivity contribution in [1.82, 2.24) is 10.6 Å². The molecule has 0 fully saturated rings. The summed E-state index contributed by atoms with van der Waals surface area (Å²) in [5.41, 5.74) is 3.08. The van der Waals surface area contributed by atoms with Gasteiger partial charge in [0, 0.05) is 16.2 Å². The number of likely N-dealkylation sites (N-methyl/N-ethyl adjacent to an activating group) is 1. The third kappa shape index (κ3) is 5.75. The number of carbonyl (C=O) groups excluding carboxylic acids is 2. The second-order valence-corrected chi connectivity index (χ2v) is 8.93. The van der Waals surface area contributed by atoms with Crippen LogP contribution in [-0.4, -0.2) is 31.4 Å². The molecule has 6 heteroatoms. The highest BCUT2D eigenvalue weighted by atomic mass is 79.9. The Kier molecular flexibility index (Phi) is 8.42. The van der Waals surface area contributed by atoms with Crippen LogP contribution >= 0.6 is 15.9 Å². The number of nitrogens with one attached hydrogen (secondary N) is 2. The highest BCUT2D eigenvalue weighted by Crippen LogP contribution is 2.29. The summed E-state index contributed by atoms with van der Waals surface area (Å²) >= 11 is 3.62. The number of hydrogen-bond donors (Lipinski definition) is 2. The number of para-hydroxylation sites is 1. The van der Waals surface area contributed by atoms with E-state index >= 15 is 0 Å². The first kappa shape index (κ1) is 24.0. The molecule has 2 N–H and O–H groups in total. The van der Waals surface area contributed by atoms with Gasteiger partial charge in [-0.15, -0.1) is 0 Å². The fourth-order valence-electron chi connectivity index (χ4n) is 3.78. The van der Waals surface area contributed by atoms with Gasteiger partial charge in [0.05, 0.1) is 12.6 Å². The summed E-state index contributed by atoms with van der Waals surface area (Å²) in [7, 11) is 1.77. The minimum Gasteiger partial charge on any atom is -0.352 e. The van der Waals surface area contributed by atoms with E-state index in [1.54, 1.807) is 11.9 Å². The van der Waals surface area contributed by atoms with Gasteiger partial charge in [-0.3, -0.25) is 9.59 Å². The van der Waals surface area contributed by atoms with Crippen LogP contribution in [0.2, 0.25) is 0 Å². The van der Waals surface area contributed by atoms with Gasteiger partial charge in [0.25, 0.3) is 0 Å². The zero-order valence-electron chi connectivity index (χ0n) is 18.8. The Bertz CT molecular complexity index is 1090. The van der Waals surface area contributed by atoms with Crippen LogP contribution in [0.15, 0.2) is 65.1 Å². The Morgan fingerprint density at radius 1 is 1.00 bits per heavy atom. The fraction of sp³-hybridized carbons (Fsp3) is 0.308. The van der Waals surface area contributed by atoms with E-state index in [1.807, 2.05) is 50.2 Å². The Morgan fingerprint density at radius 2 is 1.69 bits per heavy atom. The van der Waals surface area contributed by atoms with E-state index in [9.17, 15) is 9.59 Å². The van der Waals surface area contributed by atoms with E-state index in [0.717, 1.165) is 51.3 Å². The van der Waals surface area contributed by atoms with Crippen molar-refractivity contribution in [2.75, 3.05) is 11.9 Å². The molecule has 0 aliphatic rings. The fourth-order valence-corrected chi connectivity index (χ4v) is 4.28. The molecule has 3 aromatic carbocycles. The molecule has 0 saturated heterocycles. The number of benzene rings is 3. The Labute approximate surface area is 198 Å². The minimum atomic E-state index is -0.226. The molecule has 168 valence electrons. The summed E-state index contributed by atoms with van der Waals surface area (Å²) in [5, 5.41) is 8.25. The first-order valence-electron chi connectivity index (χ1n) is 10.9.